The summed E-state index contributed by atoms with van der Waals surface area (Å²) in [5.41, 5.74) is 1.09. The van der Waals surface area contributed by atoms with E-state index in [0.717, 1.165) is 30.8 Å². The summed E-state index contributed by atoms with van der Waals surface area (Å²) in [6.07, 6.45) is 2.83. The minimum Gasteiger partial charge on any atom is -0.486 e. The van der Waals surface area contributed by atoms with Crippen molar-refractivity contribution in [2.24, 2.45) is 0 Å². The maximum Gasteiger partial charge on any atom is 0.146 e. The summed E-state index contributed by atoms with van der Waals surface area (Å²) in [7, 11) is 0. The van der Waals surface area contributed by atoms with E-state index in [4.69, 9.17) is 9.15 Å². The highest BCUT2D eigenvalue weighted by Gasteiger charge is 2.05. The topological polar surface area (TPSA) is 34.4 Å². The second-order valence-electron chi connectivity index (χ2n) is 4.46. The molecule has 0 saturated heterocycles. The molecule has 0 aliphatic rings. The van der Waals surface area contributed by atoms with Gasteiger partial charge in [0.1, 0.15) is 23.9 Å². The molecule has 5 heteroatoms. The Morgan fingerprint density at radius 3 is 2.95 bits per heavy atom. The Balaban J connectivity index is 1.85. The molecule has 1 N–H and O–H groups in total. The number of benzene rings is 1. The van der Waals surface area contributed by atoms with Crippen LogP contribution in [0.4, 0.5) is 4.39 Å². The number of ether oxygens (including phenoxy) is 1. The SMILES string of the molecule is CCCNCc1coc(COc2ccc(F)c(Br)c2)c1. The Hall–Kier alpha value is -1.33. The van der Waals surface area contributed by atoms with Gasteiger partial charge >= 0.3 is 0 Å². The van der Waals surface area contributed by atoms with Gasteiger partial charge in [-0.05, 0) is 53.2 Å². The molecule has 1 heterocycles. The predicted molar refractivity (Wildman–Crippen MR) is 79.1 cm³/mol. The molecule has 3 nitrogen and oxygen atoms in total. The minimum atomic E-state index is -0.306. The summed E-state index contributed by atoms with van der Waals surface area (Å²) < 4.78 is 24.4. The molecule has 0 amide bonds. The molecule has 0 atom stereocenters. The molecule has 0 radical (unpaired) electrons. The third-order valence-corrected chi connectivity index (χ3v) is 3.34. The van der Waals surface area contributed by atoms with Gasteiger partial charge in [0.05, 0.1) is 10.7 Å². The molecule has 0 aliphatic heterocycles. The van der Waals surface area contributed by atoms with E-state index < -0.39 is 0 Å². The van der Waals surface area contributed by atoms with Crippen LogP contribution in [-0.2, 0) is 13.2 Å². The number of furan rings is 1. The average Bonchev–Trinajstić information content (AvgIpc) is 2.88. The van der Waals surface area contributed by atoms with Crippen molar-refractivity contribution < 1.29 is 13.5 Å². The maximum absolute atomic E-state index is 13.1. The van der Waals surface area contributed by atoms with Crippen LogP contribution < -0.4 is 10.1 Å². The van der Waals surface area contributed by atoms with Gasteiger partial charge in [-0.2, -0.15) is 0 Å². The first-order valence-electron chi connectivity index (χ1n) is 6.54. The molecule has 108 valence electrons. The van der Waals surface area contributed by atoms with Crippen LogP contribution >= 0.6 is 15.9 Å². The van der Waals surface area contributed by atoms with Gasteiger partial charge in [0.15, 0.2) is 0 Å². The lowest BCUT2D eigenvalue weighted by molar-refractivity contribution is 0.270. The monoisotopic (exact) mass is 341 g/mol. The van der Waals surface area contributed by atoms with E-state index in [9.17, 15) is 4.39 Å². The zero-order valence-corrected chi connectivity index (χ0v) is 12.9. The van der Waals surface area contributed by atoms with E-state index in [1.165, 1.54) is 6.07 Å². The van der Waals surface area contributed by atoms with Gasteiger partial charge in [0, 0.05) is 12.1 Å². The van der Waals surface area contributed by atoms with Crippen molar-refractivity contribution in [3.05, 3.63) is 52.1 Å². The molecular formula is C15H17BrFNO2. The molecule has 2 rings (SSSR count). The summed E-state index contributed by atoms with van der Waals surface area (Å²) in [5, 5.41) is 3.30. The maximum atomic E-state index is 13.1. The molecule has 0 bridgehead atoms. The van der Waals surface area contributed by atoms with Crippen LogP contribution in [0.25, 0.3) is 0 Å². The fourth-order valence-corrected chi connectivity index (χ4v) is 2.08. The van der Waals surface area contributed by atoms with Crippen molar-refractivity contribution in [2.75, 3.05) is 6.54 Å². The van der Waals surface area contributed by atoms with Gasteiger partial charge in [0.25, 0.3) is 0 Å². The van der Waals surface area contributed by atoms with Crippen molar-refractivity contribution >= 4 is 15.9 Å². The first-order valence-corrected chi connectivity index (χ1v) is 7.33. The molecular weight excluding hydrogens is 325 g/mol. The van der Waals surface area contributed by atoms with E-state index in [0.29, 0.717) is 16.8 Å². The van der Waals surface area contributed by atoms with Crippen molar-refractivity contribution in [3.63, 3.8) is 0 Å². The van der Waals surface area contributed by atoms with Gasteiger partial charge < -0.3 is 14.5 Å². The molecule has 0 saturated carbocycles. The number of halogens is 2. The van der Waals surface area contributed by atoms with Gasteiger partial charge in [-0.3, -0.25) is 0 Å². The number of hydrogen-bond donors (Lipinski definition) is 1. The Morgan fingerprint density at radius 2 is 2.20 bits per heavy atom. The van der Waals surface area contributed by atoms with Crippen LogP contribution in [0.1, 0.15) is 24.7 Å². The fraction of sp³-hybridized carbons (Fsp3) is 0.333. The van der Waals surface area contributed by atoms with E-state index in [1.54, 1.807) is 18.4 Å². The molecule has 20 heavy (non-hydrogen) atoms. The van der Waals surface area contributed by atoms with Crippen molar-refractivity contribution in [1.82, 2.24) is 5.32 Å². The van der Waals surface area contributed by atoms with E-state index in [1.807, 2.05) is 6.07 Å². The summed E-state index contributed by atoms with van der Waals surface area (Å²) in [6.45, 7) is 4.23. The predicted octanol–water partition coefficient (Wildman–Crippen LogP) is 4.26. The highest BCUT2D eigenvalue weighted by atomic mass is 79.9. The van der Waals surface area contributed by atoms with Crippen LogP contribution in [-0.4, -0.2) is 6.54 Å². The van der Waals surface area contributed by atoms with E-state index in [2.05, 4.69) is 28.2 Å². The van der Waals surface area contributed by atoms with Crippen LogP contribution in [0.15, 0.2) is 39.4 Å². The lowest BCUT2D eigenvalue weighted by Crippen LogP contribution is -2.13. The molecule has 2 aromatic rings. The fourth-order valence-electron chi connectivity index (χ4n) is 1.73. The van der Waals surface area contributed by atoms with Gasteiger partial charge in [0.2, 0.25) is 0 Å². The van der Waals surface area contributed by atoms with Crippen molar-refractivity contribution in [1.29, 1.82) is 0 Å². The standard InChI is InChI=1S/C15H17BrFNO2/c1-2-5-18-8-11-6-13(19-9-11)10-20-12-3-4-15(17)14(16)7-12/h3-4,6-7,9,18H,2,5,8,10H2,1H3. The largest absolute Gasteiger partial charge is 0.486 e. The highest BCUT2D eigenvalue weighted by Crippen LogP contribution is 2.22. The summed E-state index contributed by atoms with van der Waals surface area (Å²) in [6, 6.07) is 6.51. The van der Waals surface area contributed by atoms with E-state index >= 15 is 0 Å². The summed E-state index contributed by atoms with van der Waals surface area (Å²) in [4.78, 5) is 0. The smallest absolute Gasteiger partial charge is 0.146 e. The summed E-state index contributed by atoms with van der Waals surface area (Å²) in [5.74, 6) is 1.04. The highest BCUT2D eigenvalue weighted by molar-refractivity contribution is 9.10. The van der Waals surface area contributed by atoms with Gasteiger partial charge in [-0.1, -0.05) is 6.92 Å². The minimum absolute atomic E-state index is 0.306. The van der Waals surface area contributed by atoms with Crippen LogP contribution in [0.5, 0.6) is 5.75 Å². The first kappa shape index (κ1) is 15.1. The number of hydrogen-bond acceptors (Lipinski definition) is 3. The second-order valence-corrected chi connectivity index (χ2v) is 5.32. The average molecular weight is 342 g/mol. The first-order chi connectivity index (χ1) is 9.69. The van der Waals surface area contributed by atoms with Crippen molar-refractivity contribution in [3.8, 4) is 5.75 Å². The quantitative estimate of drug-likeness (QED) is 0.764. The normalized spacial score (nSPS) is 10.8. The number of rotatable bonds is 7. The lowest BCUT2D eigenvalue weighted by Gasteiger charge is -2.04. The summed E-state index contributed by atoms with van der Waals surface area (Å²) >= 11 is 3.12. The third-order valence-electron chi connectivity index (χ3n) is 2.74. The van der Waals surface area contributed by atoms with Gasteiger partial charge in [-0.15, -0.1) is 0 Å². The number of nitrogens with one attached hydrogen (secondary N) is 1. The Labute approximate surface area is 126 Å². The lowest BCUT2D eigenvalue weighted by atomic mass is 10.3. The molecule has 0 fully saturated rings. The molecule has 0 unspecified atom stereocenters. The van der Waals surface area contributed by atoms with Crippen LogP contribution in [0, 0.1) is 5.82 Å². The third kappa shape index (κ3) is 4.35. The molecule has 0 spiro atoms. The van der Waals surface area contributed by atoms with Crippen molar-refractivity contribution in [2.45, 2.75) is 26.5 Å². The molecule has 0 aliphatic carbocycles. The Kier molecular flexibility index (Phi) is 5.61. The second kappa shape index (κ2) is 7.45. The van der Waals surface area contributed by atoms with Crippen LogP contribution in [0.2, 0.25) is 0 Å². The molecule has 1 aromatic carbocycles. The van der Waals surface area contributed by atoms with Crippen LogP contribution in [0.3, 0.4) is 0 Å². The Morgan fingerprint density at radius 1 is 1.35 bits per heavy atom. The molecule has 1 aromatic heterocycles. The zero-order valence-electron chi connectivity index (χ0n) is 11.3. The zero-order chi connectivity index (χ0) is 14.4. The van der Waals surface area contributed by atoms with E-state index in [-0.39, 0.29) is 5.82 Å². The Bertz CT molecular complexity index is 557. The van der Waals surface area contributed by atoms with Gasteiger partial charge in [-0.25, -0.2) is 4.39 Å².